The van der Waals surface area contributed by atoms with E-state index in [1.54, 1.807) is 19.0 Å². The monoisotopic (exact) mass is 600 g/mol. The summed E-state index contributed by atoms with van der Waals surface area (Å²) in [6, 6.07) is 26.4. The summed E-state index contributed by atoms with van der Waals surface area (Å²) in [7, 11) is 3.59. The Morgan fingerprint density at radius 1 is 1.02 bits per heavy atom. The molecule has 0 aliphatic carbocycles. The van der Waals surface area contributed by atoms with E-state index in [9.17, 15) is 4.79 Å². The van der Waals surface area contributed by atoms with Crippen molar-refractivity contribution in [2.45, 2.75) is 37.5 Å². The zero-order chi connectivity index (χ0) is 29.3. The van der Waals surface area contributed by atoms with Gasteiger partial charge in [0.25, 0.3) is 0 Å². The summed E-state index contributed by atoms with van der Waals surface area (Å²) < 4.78 is 6.19. The largest absolute Gasteiger partial charge is 0.487 e. The Balaban J connectivity index is 1.29. The number of pyridine rings is 1. The van der Waals surface area contributed by atoms with Gasteiger partial charge in [-0.3, -0.25) is 4.79 Å². The van der Waals surface area contributed by atoms with Crippen LogP contribution in [0.4, 0.5) is 0 Å². The third-order valence-electron chi connectivity index (χ3n) is 7.00. The molecule has 2 aromatic heterocycles. The molecule has 0 bridgehead atoms. The molecule has 1 atom stereocenters. The van der Waals surface area contributed by atoms with Crippen molar-refractivity contribution in [3.05, 3.63) is 112 Å². The molecule has 5 aromatic rings. The minimum atomic E-state index is 0.133. The number of rotatable bonds is 13. The number of carbonyl (C=O) groups is 1. The van der Waals surface area contributed by atoms with Gasteiger partial charge >= 0.3 is 0 Å². The van der Waals surface area contributed by atoms with E-state index < -0.39 is 0 Å². The van der Waals surface area contributed by atoms with Crippen LogP contribution in [0, 0.1) is 0 Å². The van der Waals surface area contributed by atoms with Crippen LogP contribution in [-0.4, -0.2) is 56.3 Å². The van der Waals surface area contributed by atoms with Crippen LogP contribution in [0.5, 0.6) is 5.75 Å². The SMILES string of the molecule is CN(C)C(=O)CCSC(CCc1ccccc1Cc1nnn[nH]1)c1cccc(OCc2ccc3ccc(Cl)cc3n2)c1. The Morgan fingerprint density at radius 2 is 1.86 bits per heavy atom. The number of hydrogen-bond donors (Lipinski definition) is 1. The molecule has 216 valence electrons. The maximum atomic E-state index is 12.3. The first-order valence-electron chi connectivity index (χ1n) is 13.8. The van der Waals surface area contributed by atoms with Gasteiger partial charge < -0.3 is 9.64 Å². The molecule has 0 radical (unpaired) electrons. The van der Waals surface area contributed by atoms with Crippen LogP contribution in [-0.2, 0) is 24.2 Å². The molecule has 8 nitrogen and oxygen atoms in total. The third kappa shape index (κ3) is 8.08. The maximum Gasteiger partial charge on any atom is 0.222 e. The van der Waals surface area contributed by atoms with Gasteiger partial charge in [0.05, 0.1) is 11.2 Å². The molecule has 42 heavy (non-hydrogen) atoms. The highest BCUT2D eigenvalue weighted by atomic mass is 35.5. The lowest BCUT2D eigenvalue weighted by Gasteiger charge is -2.20. The number of aryl methyl sites for hydroxylation is 1. The molecule has 3 aromatic carbocycles. The quantitative estimate of drug-likeness (QED) is 0.166. The molecule has 0 spiro atoms. The Labute approximate surface area is 254 Å². The Hall–Kier alpha value is -3.95. The Bertz CT molecular complexity index is 1630. The zero-order valence-corrected chi connectivity index (χ0v) is 25.2. The predicted octanol–water partition coefficient (Wildman–Crippen LogP) is 6.46. The zero-order valence-electron chi connectivity index (χ0n) is 23.7. The van der Waals surface area contributed by atoms with Gasteiger partial charge in [-0.15, -0.1) is 5.10 Å². The van der Waals surface area contributed by atoms with E-state index >= 15 is 0 Å². The lowest BCUT2D eigenvalue weighted by molar-refractivity contribution is -0.128. The summed E-state index contributed by atoms with van der Waals surface area (Å²) in [6.07, 6.45) is 2.93. The Kier molecular flexibility index (Phi) is 10.0. The summed E-state index contributed by atoms with van der Waals surface area (Å²) >= 11 is 7.97. The number of aromatic amines is 1. The van der Waals surface area contributed by atoms with Crippen LogP contribution in [0.25, 0.3) is 10.9 Å². The van der Waals surface area contributed by atoms with Crippen LogP contribution in [0.1, 0.15) is 46.3 Å². The number of thioether (sulfide) groups is 1. The second-order valence-electron chi connectivity index (χ2n) is 10.2. The molecule has 0 aliphatic rings. The van der Waals surface area contributed by atoms with E-state index in [4.69, 9.17) is 21.3 Å². The molecule has 0 fully saturated rings. The van der Waals surface area contributed by atoms with Gasteiger partial charge in [0.15, 0.2) is 5.82 Å². The molecule has 0 saturated heterocycles. The van der Waals surface area contributed by atoms with Crippen molar-refractivity contribution in [1.29, 1.82) is 0 Å². The van der Waals surface area contributed by atoms with Gasteiger partial charge in [0.2, 0.25) is 5.91 Å². The van der Waals surface area contributed by atoms with E-state index in [1.165, 1.54) is 16.7 Å². The van der Waals surface area contributed by atoms with Gasteiger partial charge in [0, 0.05) is 48.3 Å². The number of hydrogen-bond acceptors (Lipinski definition) is 7. The Morgan fingerprint density at radius 3 is 2.67 bits per heavy atom. The second kappa shape index (κ2) is 14.3. The van der Waals surface area contributed by atoms with E-state index in [0.717, 1.165) is 46.8 Å². The van der Waals surface area contributed by atoms with Crippen LogP contribution >= 0.6 is 23.4 Å². The summed E-state index contributed by atoms with van der Waals surface area (Å²) in [5.41, 5.74) is 5.32. The topological polar surface area (TPSA) is 96.9 Å². The van der Waals surface area contributed by atoms with Crippen molar-refractivity contribution < 1.29 is 9.53 Å². The van der Waals surface area contributed by atoms with Crippen molar-refractivity contribution >= 4 is 40.2 Å². The van der Waals surface area contributed by atoms with E-state index in [-0.39, 0.29) is 11.2 Å². The lowest BCUT2D eigenvalue weighted by atomic mass is 9.97. The van der Waals surface area contributed by atoms with Crippen LogP contribution < -0.4 is 4.74 Å². The molecule has 5 rings (SSSR count). The number of nitrogens with one attached hydrogen (secondary N) is 1. The van der Waals surface area contributed by atoms with E-state index in [0.29, 0.717) is 24.5 Å². The molecular formula is C32H33ClN6O2S. The number of ether oxygens (including phenoxy) is 1. The van der Waals surface area contributed by atoms with Gasteiger partial charge in [-0.25, -0.2) is 10.1 Å². The highest BCUT2D eigenvalue weighted by Crippen LogP contribution is 2.36. The molecule has 1 unspecified atom stereocenters. The number of tetrazole rings is 1. The first-order chi connectivity index (χ1) is 20.4. The van der Waals surface area contributed by atoms with Crippen LogP contribution in [0.15, 0.2) is 78.9 Å². The standard InChI is InChI=1S/C32H33ClN6O2S/c1-39(2)32(40)16-17-42-30(15-12-22-6-3-4-7-24(22)19-31-35-37-38-36-31)25-8-5-9-28(18-25)41-21-27-14-11-23-10-13-26(33)20-29(23)34-27/h3-11,13-14,18,20,30H,12,15-17,19,21H2,1-2H3,(H,35,36,37,38). The molecule has 10 heteroatoms. The number of nitrogens with zero attached hydrogens (tertiary/aromatic N) is 5. The minimum absolute atomic E-state index is 0.133. The average molecular weight is 601 g/mol. The number of benzene rings is 3. The number of amides is 1. The van der Waals surface area contributed by atoms with E-state index in [1.807, 2.05) is 60.3 Å². The second-order valence-corrected chi connectivity index (χ2v) is 12.0. The van der Waals surface area contributed by atoms with Crippen molar-refractivity contribution in [3.63, 3.8) is 0 Å². The summed E-state index contributed by atoms with van der Waals surface area (Å²) in [5.74, 6) is 2.40. The van der Waals surface area contributed by atoms with E-state index in [2.05, 4.69) is 51.0 Å². The van der Waals surface area contributed by atoms with Gasteiger partial charge in [-0.2, -0.15) is 11.8 Å². The normalized spacial score (nSPS) is 11.9. The smallest absolute Gasteiger partial charge is 0.222 e. The fourth-order valence-electron chi connectivity index (χ4n) is 4.73. The third-order valence-corrected chi connectivity index (χ3v) is 8.59. The fraction of sp³-hybridized carbons (Fsp3) is 0.281. The number of fused-ring (bicyclic) bond motifs is 1. The van der Waals surface area contributed by atoms with Gasteiger partial charge in [-0.1, -0.05) is 60.1 Å². The molecule has 0 aliphatic heterocycles. The number of H-pyrrole nitrogens is 1. The number of aromatic nitrogens is 5. The number of halogens is 1. The first kappa shape index (κ1) is 29.5. The molecular weight excluding hydrogens is 568 g/mol. The number of carbonyl (C=O) groups excluding carboxylic acids is 1. The minimum Gasteiger partial charge on any atom is -0.487 e. The van der Waals surface area contributed by atoms with Crippen molar-refractivity contribution in [2.24, 2.45) is 0 Å². The van der Waals surface area contributed by atoms with Crippen molar-refractivity contribution in [1.82, 2.24) is 30.5 Å². The molecule has 2 heterocycles. The van der Waals surface area contributed by atoms with Crippen molar-refractivity contribution in [2.75, 3.05) is 19.8 Å². The summed E-state index contributed by atoms with van der Waals surface area (Å²) in [6.45, 7) is 0.352. The average Bonchev–Trinajstić information content (AvgIpc) is 3.51. The predicted molar refractivity (Wildman–Crippen MR) is 168 cm³/mol. The van der Waals surface area contributed by atoms with Gasteiger partial charge in [0.1, 0.15) is 12.4 Å². The molecule has 1 amide bonds. The summed E-state index contributed by atoms with van der Waals surface area (Å²) in [4.78, 5) is 18.6. The molecule has 1 N–H and O–H groups in total. The first-order valence-corrected chi connectivity index (χ1v) is 15.3. The highest BCUT2D eigenvalue weighted by molar-refractivity contribution is 7.99. The van der Waals surface area contributed by atoms with Crippen molar-refractivity contribution in [3.8, 4) is 5.75 Å². The summed E-state index contributed by atoms with van der Waals surface area (Å²) in [5, 5.41) is 16.2. The lowest BCUT2D eigenvalue weighted by Crippen LogP contribution is -2.22. The van der Waals surface area contributed by atoms with Crippen LogP contribution in [0.2, 0.25) is 5.02 Å². The highest BCUT2D eigenvalue weighted by Gasteiger charge is 2.16. The van der Waals surface area contributed by atoms with Gasteiger partial charge in [-0.05, 0) is 70.3 Å². The maximum absolute atomic E-state index is 12.3. The fourth-order valence-corrected chi connectivity index (χ4v) is 6.09. The molecule has 0 saturated carbocycles. The van der Waals surface area contributed by atoms with Crippen LogP contribution in [0.3, 0.4) is 0 Å².